The van der Waals surface area contributed by atoms with Crippen molar-refractivity contribution in [3.63, 3.8) is 0 Å². The van der Waals surface area contributed by atoms with E-state index in [1.54, 1.807) is 0 Å². The second-order valence-corrected chi connectivity index (χ2v) is 8.27. The van der Waals surface area contributed by atoms with Crippen molar-refractivity contribution in [3.05, 3.63) is 75.2 Å². The monoisotopic (exact) mass is 456 g/mol. The predicted molar refractivity (Wildman–Crippen MR) is 114 cm³/mol. The molecule has 4 aromatic carbocycles. The van der Waals surface area contributed by atoms with Crippen molar-refractivity contribution in [1.29, 1.82) is 0 Å². The molecule has 0 aromatic heterocycles. The Bertz CT molecular complexity index is 1010. The van der Waals surface area contributed by atoms with E-state index in [9.17, 15) is 0 Å². The second-order valence-electron chi connectivity index (χ2n) is 6.05. The first kappa shape index (κ1) is 16.2. The fourth-order valence-electron chi connectivity index (χ4n) is 3.06. The predicted octanol–water partition coefficient (Wildman–Crippen LogP) is 7.78. The number of hydrogen-bond acceptors (Lipinski definition) is 1. The Morgan fingerprint density at radius 1 is 0.625 bits per heavy atom. The van der Waals surface area contributed by atoms with Gasteiger partial charge in [-0.1, -0.05) is 61.7 Å². The number of aryl methyl sites for hydroxylation is 1. The van der Waals surface area contributed by atoms with Gasteiger partial charge in [0.25, 0.3) is 0 Å². The molecule has 24 heavy (non-hydrogen) atoms. The van der Waals surface area contributed by atoms with Gasteiger partial charge >= 0.3 is 0 Å². The molecule has 0 nitrogen and oxygen atoms in total. The van der Waals surface area contributed by atoms with Gasteiger partial charge in [0.05, 0.1) is 0 Å². The van der Waals surface area contributed by atoms with Gasteiger partial charge in [-0.15, -0.1) is 12.6 Å². The minimum Gasteiger partial charge on any atom is -0.143 e. The van der Waals surface area contributed by atoms with Gasteiger partial charge in [-0.25, -0.2) is 0 Å². The summed E-state index contributed by atoms with van der Waals surface area (Å²) in [5.74, 6) is 0. The molecule has 4 rings (SSSR count). The summed E-state index contributed by atoms with van der Waals surface area (Å²) in [6, 6.07) is 21.6. The zero-order valence-corrected chi connectivity index (χ0v) is 17.0. The summed E-state index contributed by atoms with van der Waals surface area (Å²) in [5.41, 5.74) is 3.65. The van der Waals surface area contributed by atoms with Gasteiger partial charge in [0.2, 0.25) is 0 Å². The van der Waals surface area contributed by atoms with Crippen LogP contribution in [0.25, 0.3) is 32.7 Å². The van der Waals surface area contributed by atoms with Crippen molar-refractivity contribution in [3.8, 4) is 11.1 Å². The maximum absolute atomic E-state index is 4.43. The maximum Gasteiger partial charge on any atom is 0.0260 e. The highest BCUT2D eigenvalue weighted by Gasteiger charge is 2.11. The molecule has 0 aliphatic heterocycles. The Morgan fingerprint density at radius 2 is 1.17 bits per heavy atom. The molecule has 0 saturated carbocycles. The number of hydrogen-bond donors (Lipinski definition) is 1. The summed E-state index contributed by atoms with van der Waals surface area (Å²) in [6.07, 6.45) is 0. The van der Waals surface area contributed by atoms with E-state index < -0.39 is 0 Å². The lowest BCUT2D eigenvalue weighted by molar-refractivity contribution is 1.50. The van der Waals surface area contributed by atoms with Crippen LogP contribution in [0.4, 0.5) is 0 Å². The van der Waals surface area contributed by atoms with Crippen LogP contribution in [-0.2, 0) is 0 Å². The van der Waals surface area contributed by atoms with Crippen molar-refractivity contribution in [2.45, 2.75) is 11.8 Å². The molecule has 0 aliphatic rings. The topological polar surface area (TPSA) is 0 Å². The van der Waals surface area contributed by atoms with Crippen LogP contribution in [0.2, 0.25) is 0 Å². The molecule has 0 aliphatic carbocycles. The second kappa shape index (κ2) is 6.21. The van der Waals surface area contributed by atoms with Crippen LogP contribution in [0.1, 0.15) is 5.56 Å². The van der Waals surface area contributed by atoms with Crippen LogP contribution >= 0.6 is 44.5 Å². The highest BCUT2D eigenvalue weighted by molar-refractivity contribution is 9.11. The number of benzene rings is 4. The van der Waals surface area contributed by atoms with Crippen LogP contribution in [0, 0.1) is 6.92 Å². The molecule has 0 spiro atoms. The van der Waals surface area contributed by atoms with Crippen LogP contribution < -0.4 is 0 Å². The van der Waals surface area contributed by atoms with Crippen molar-refractivity contribution < 1.29 is 0 Å². The SMILES string of the molecule is Cc1ccc2cc(-c3cc4ccc(S)cc4cc3Br)c(Br)cc2c1. The van der Waals surface area contributed by atoms with Gasteiger partial charge in [0.1, 0.15) is 0 Å². The molecule has 0 bridgehead atoms. The average Bonchev–Trinajstić information content (AvgIpc) is 2.53. The van der Waals surface area contributed by atoms with E-state index in [2.05, 4.69) is 106 Å². The van der Waals surface area contributed by atoms with Gasteiger partial charge < -0.3 is 0 Å². The summed E-state index contributed by atoms with van der Waals surface area (Å²) in [7, 11) is 0. The molecule has 4 aromatic rings. The number of rotatable bonds is 1. The summed E-state index contributed by atoms with van der Waals surface area (Å²) >= 11 is 11.9. The summed E-state index contributed by atoms with van der Waals surface area (Å²) in [5, 5.41) is 4.89. The van der Waals surface area contributed by atoms with E-state index in [-0.39, 0.29) is 0 Å². The molecule has 0 N–H and O–H groups in total. The molecule has 0 radical (unpaired) electrons. The minimum atomic E-state index is 0.976. The normalized spacial score (nSPS) is 11.3. The fourth-order valence-corrected chi connectivity index (χ4v) is 4.42. The smallest absolute Gasteiger partial charge is 0.0260 e. The first-order valence-corrected chi connectivity index (χ1v) is 9.67. The largest absolute Gasteiger partial charge is 0.143 e. The Morgan fingerprint density at radius 3 is 1.79 bits per heavy atom. The van der Waals surface area contributed by atoms with Gasteiger partial charge in [-0.2, -0.15) is 0 Å². The average molecular weight is 458 g/mol. The molecule has 0 atom stereocenters. The number of thiol groups is 1. The van der Waals surface area contributed by atoms with Crippen LogP contribution in [0.3, 0.4) is 0 Å². The lowest BCUT2D eigenvalue weighted by atomic mass is 9.98. The first-order chi connectivity index (χ1) is 11.5. The quantitative estimate of drug-likeness (QED) is 0.277. The molecule has 0 amide bonds. The van der Waals surface area contributed by atoms with Gasteiger partial charge in [0, 0.05) is 13.8 Å². The van der Waals surface area contributed by atoms with Crippen LogP contribution in [0.15, 0.2) is 74.5 Å². The highest BCUT2D eigenvalue weighted by atomic mass is 79.9. The lowest BCUT2D eigenvalue weighted by Crippen LogP contribution is -1.86. The minimum absolute atomic E-state index is 0.976. The molecule has 0 unspecified atom stereocenters. The van der Waals surface area contributed by atoms with Crippen molar-refractivity contribution in [2.24, 2.45) is 0 Å². The molecule has 3 heteroatoms. The summed E-state index contributed by atoms with van der Waals surface area (Å²) < 4.78 is 2.19. The van der Waals surface area contributed by atoms with E-state index in [1.807, 2.05) is 6.07 Å². The standard InChI is InChI=1S/C21H14Br2S/c1-12-2-3-13-8-18(20(22)10-15(13)6-12)19-9-14-4-5-17(24)7-16(14)11-21(19)23/h2-11,24H,1H3. The Labute approximate surface area is 163 Å². The van der Waals surface area contributed by atoms with E-state index >= 15 is 0 Å². The van der Waals surface area contributed by atoms with Gasteiger partial charge in [0.15, 0.2) is 0 Å². The van der Waals surface area contributed by atoms with Crippen LogP contribution in [-0.4, -0.2) is 0 Å². The zero-order valence-electron chi connectivity index (χ0n) is 13.0. The molecule has 0 heterocycles. The molecule has 0 saturated heterocycles. The third-order valence-electron chi connectivity index (χ3n) is 4.28. The van der Waals surface area contributed by atoms with E-state index in [0.29, 0.717) is 0 Å². The van der Waals surface area contributed by atoms with Crippen LogP contribution in [0.5, 0.6) is 0 Å². The molecular weight excluding hydrogens is 444 g/mol. The maximum atomic E-state index is 4.43. The molecular formula is C21H14Br2S. The fraction of sp³-hybridized carbons (Fsp3) is 0.0476. The Kier molecular flexibility index (Phi) is 4.19. The Balaban J connectivity index is 1.98. The third kappa shape index (κ3) is 2.90. The lowest BCUT2D eigenvalue weighted by Gasteiger charge is -2.12. The summed E-state index contributed by atoms with van der Waals surface area (Å²) in [6.45, 7) is 2.12. The molecule has 118 valence electrons. The molecule has 0 fully saturated rings. The zero-order chi connectivity index (χ0) is 16.8. The van der Waals surface area contributed by atoms with Crippen molar-refractivity contribution in [1.82, 2.24) is 0 Å². The van der Waals surface area contributed by atoms with Gasteiger partial charge in [-0.3, -0.25) is 0 Å². The van der Waals surface area contributed by atoms with Crippen molar-refractivity contribution >= 4 is 66.0 Å². The number of halogens is 2. The highest BCUT2D eigenvalue weighted by Crippen LogP contribution is 2.39. The van der Waals surface area contributed by atoms with E-state index in [4.69, 9.17) is 0 Å². The number of fused-ring (bicyclic) bond motifs is 2. The third-order valence-corrected chi connectivity index (χ3v) is 5.87. The van der Waals surface area contributed by atoms with Crippen molar-refractivity contribution in [2.75, 3.05) is 0 Å². The summed E-state index contributed by atoms with van der Waals surface area (Å²) in [4.78, 5) is 0.976. The first-order valence-electron chi connectivity index (χ1n) is 7.64. The van der Waals surface area contributed by atoms with E-state index in [1.165, 1.54) is 38.2 Å². The van der Waals surface area contributed by atoms with Gasteiger partial charge in [-0.05, 0) is 76.0 Å². The van der Waals surface area contributed by atoms with E-state index in [0.717, 1.165) is 13.8 Å². The Hall–Kier alpha value is -1.29.